The molecule has 1 atom stereocenters. The van der Waals surface area contributed by atoms with Crippen LogP contribution < -0.4 is 0 Å². The van der Waals surface area contributed by atoms with E-state index < -0.39 is 0 Å². The van der Waals surface area contributed by atoms with Crippen LogP contribution in [0.2, 0.25) is 0 Å². The highest BCUT2D eigenvalue weighted by atomic mass is 15.2. The predicted octanol–water partition coefficient (Wildman–Crippen LogP) is 4.24. The van der Waals surface area contributed by atoms with Crippen molar-refractivity contribution in [1.82, 2.24) is 4.90 Å². The van der Waals surface area contributed by atoms with Crippen LogP contribution in [0.4, 0.5) is 0 Å². The fourth-order valence-corrected chi connectivity index (χ4v) is 2.72. The van der Waals surface area contributed by atoms with Crippen LogP contribution in [0.5, 0.6) is 0 Å². The number of allylic oxidation sites excluding steroid dienone is 1. The zero-order chi connectivity index (χ0) is 12.6. The molecule has 0 aliphatic carbocycles. The first-order valence-electron chi connectivity index (χ1n) is 6.57. The van der Waals surface area contributed by atoms with E-state index in [9.17, 15) is 0 Å². The molecule has 0 bridgehead atoms. The lowest BCUT2D eigenvalue weighted by molar-refractivity contribution is 0.00978. The molecular weight excluding hydrogens is 194 g/mol. The smallest absolute Gasteiger partial charge is 0.0186 e. The van der Waals surface area contributed by atoms with Gasteiger partial charge in [0.15, 0.2) is 0 Å². The van der Waals surface area contributed by atoms with Gasteiger partial charge in [-0.2, -0.15) is 0 Å². The number of rotatable bonds is 0. The van der Waals surface area contributed by atoms with Crippen molar-refractivity contribution in [1.29, 1.82) is 0 Å². The summed E-state index contributed by atoms with van der Waals surface area (Å²) in [5, 5.41) is 0. The second-order valence-electron chi connectivity index (χ2n) is 7.15. The van der Waals surface area contributed by atoms with Crippen molar-refractivity contribution in [3.05, 3.63) is 11.6 Å². The minimum atomic E-state index is 0.289. The van der Waals surface area contributed by atoms with Crippen molar-refractivity contribution in [3.63, 3.8) is 0 Å². The van der Waals surface area contributed by atoms with Crippen LogP contribution >= 0.6 is 0 Å². The lowest BCUT2D eigenvalue weighted by atomic mass is 9.77. The molecule has 1 heteroatoms. The van der Waals surface area contributed by atoms with Gasteiger partial charge in [-0.3, -0.25) is 4.90 Å². The first kappa shape index (κ1) is 13.8. The third-order valence-electron chi connectivity index (χ3n) is 3.78. The molecule has 0 radical (unpaired) electrons. The van der Waals surface area contributed by atoms with Crippen molar-refractivity contribution in [2.45, 2.75) is 72.9 Å². The van der Waals surface area contributed by atoms with Gasteiger partial charge in [0.05, 0.1) is 0 Å². The van der Waals surface area contributed by atoms with Crippen molar-refractivity contribution in [2.24, 2.45) is 5.41 Å². The van der Waals surface area contributed by atoms with Gasteiger partial charge in [-0.1, -0.05) is 32.4 Å². The van der Waals surface area contributed by atoms with E-state index >= 15 is 0 Å². The Morgan fingerprint density at radius 2 is 1.69 bits per heavy atom. The summed E-state index contributed by atoms with van der Waals surface area (Å²) in [4.78, 5) is 2.69. The summed E-state index contributed by atoms with van der Waals surface area (Å²) in [5.41, 5.74) is 2.29. The summed E-state index contributed by atoms with van der Waals surface area (Å²) in [6, 6.07) is 0.674. The fourth-order valence-electron chi connectivity index (χ4n) is 2.72. The van der Waals surface area contributed by atoms with Crippen LogP contribution in [0.1, 0.15) is 61.3 Å². The second kappa shape index (κ2) is 4.52. The van der Waals surface area contributed by atoms with E-state index in [-0.39, 0.29) is 5.54 Å². The Bertz CT molecular complexity index is 262. The Balaban J connectivity index is 2.94. The summed E-state index contributed by atoms with van der Waals surface area (Å²) >= 11 is 0. The Kier molecular flexibility index (Phi) is 3.89. The third-order valence-corrected chi connectivity index (χ3v) is 3.78. The molecule has 0 saturated carbocycles. The molecule has 0 amide bonds. The first-order valence-corrected chi connectivity index (χ1v) is 6.57. The molecule has 16 heavy (non-hydrogen) atoms. The molecule has 1 unspecified atom stereocenters. The zero-order valence-corrected chi connectivity index (χ0v) is 12.2. The largest absolute Gasteiger partial charge is 0.294 e. The van der Waals surface area contributed by atoms with E-state index in [0.29, 0.717) is 11.5 Å². The average Bonchev–Trinajstić information content (AvgIpc) is 2.14. The summed E-state index contributed by atoms with van der Waals surface area (Å²) in [7, 11) is 0. The van der Waals surface area contributed by atoms with Crippen LogP contribution in [-0.4, -0.2) is 23.0 Å². The van der Waals surface area contributed by atoms with Gasteiger partial charge in [0.1, 0.15) is 0 Å². The molecule has 1 heterocycles. The van der Waals surface area contributed by atoms with Crippen molar-refractivity contribution in [2.75, 3.05) is 6.54 Å². The summed E-state index contributed by atoms with van der Waals surface area (Å²) < 4.78 is 0. The standard InChI is InChI=1S/C15H29N/c1-8-12-9-10-16(15(5,6)7)13(11-12)14(2,3)4/h8,13H,9-11H2,1-7H3/b12-8+. The van der Waals surface area contributed by atoms with E-state index in [1.165, 1.54) is 19.4 Å². The molecule has 1 saturated heterocycles. The van der Waals surface area contributed by atoms with Crippen LogP contribution in [0.15, 0.2) is 11.6 Å². The summed E-state index contributed by atoms with van der Waals surface area (Å²) in [5.74, 6) is 0. The number of piperidine rings is 1. The van der Waals surface area contributed by atoms with Gasteiger partial charge in [0.2, 0.25) is 0 Å². The maximum atomic E-state index is 2.69. The molecule has 94 valence electrons. The Morgan fingerprint density at radius 3 is 2.06 bits per heavy atom. The SMILES string of the molecule is C/C=C1\CCN(C(C)(C)C)C(C(C)(C)C)C1. The summed E-state index contributed by atoms with van der Waals surface area (Å²) in [6.07, 6.45) is 4.82. The average molecular weight is 223 g/mol. The molecule has 1 aliphatic heterocycles. The first-order chi connectivity index (χ1) is 7.16. The molecule has 0 N–H and O–H groups in total. The van der Waals surface area contributed by atoms with Crippen molar-refractivity contribution < 1.29 is 0 Å². The van der Waals surface area contributed by atoms with Crippen LogP contribution in [0.25, 0.3) is 0 Å². The Labute approximate surface area is 102 Å². The maximum absolute atomic E-state index is 2.69. The highest BCUT2D eigenvalue weighted by molar-refractivity contribution is 5.10. The van der Waals surface area contributed by atoms with Crippen LogP contribution in [-0.2, 0) is 0 Å². The van der Waals surface area contributed by atoms with Crippen LogP contribution in [0.3, 0.4) is 0 Å². The van der Waals surface area contributed by atoms with Crippen molar-refractivity contribution in [3.8, 4) is 0 Å². The lowest BCUT2D eigenvalue weighted by Crippen LogP contribution is -2.55. The molecule has 0 aromatic heterocycles. The molecule has 1 rings (SSSR count). The minimum Gasteiger partial charge on any atom is -0.294 e. The number of nitrogens with zero attached hydrogens (tertiary/aromatic N) is 1. The van der Waals surface area contributed by atoms with Gasteiger partial charge in [0, 0.05) is 18.1 Å². The molecule has 1 nitrogen and oxygen atoms in total. The van der Waals surface area contributed by atoms with Gasteiger partial charge < -0.3 is 0 Å². The van der Waals surface area contributed by atoms with Gasteiger partial charge in [0.25, 0.3) is 0 Å². The van der Waals surface area contributed by atoms with Crippen LogP contribution in [0, 0.1) is 5.41 Å². The number of hydrogen-bond donors (Lipinski definition) is 0. The molecule has 0 spiro atoms. The highest BCUT2D eigenvalue weighted by Gasteiger charge is 2.38. The Hall–Kier alpha value is -0.300. The van der Waals surface area contributed by atoms with E-state index in [4.69, 9.17) is 0 Å². The van der Waals surface area contributed by atoms with Gasteiger partial charge in [-0.05, 0) is 46.0 Å². The number of likely N-dealkylation sites (tertiary alicyclic amines) is 1. The molecule has 1 fully saturated rings. The van der Waals surface area contributed by atoms with E-state index in [1.807, 2.05) is 0 Å². The quantitative estimate of drug-likeness (QED) is 0.555. The second-order valence-corrected chi connectivity index (χ2v) is 7.15. The monoisotopic (exact) mass is 223 g/mol. The van der Waals surface area contributed by atoms with Gasteiger partial charge in [-0.15, -0.1) is 0 Å². The lowest BCUT2D eigenvalue weighted by Gasteiger charge is -2.50. The predicted molar refractivity (Wildman–Crippen MR) is 72.7 cm³/mol. The number of hydrogen-bond acceptors (Lipinski definition) is 1. The van der Waals surface area contributed by atoms with Gasteiger partial charge >= 0.3 is 0 Å². The topological polar surface area (TPSA) is 3.24 Å². The summed E-state index contributed by atoms with van der Waals surface area (Å²) in [6.45, 7) is 17.5. The van der Waals surface area contributed by atoms with E-state index in [2.05, 4.69) is 59.4 Å². The normalized spacial score (nSPS) is 27.4. The molecular formula is C15H29N. The maximum Gasteiger partial charge on any atom is 0.0186 e. The fraction of sp³-hybridized carbons (Fsp3) is 0.867. The van der Waals surface area contributed by atoms with E-state index in [0.717, 1.165) is 0 Å². The molecule has 0 aromatic rings. The van der Waals surface area contributed by atoms with Crippen molar-refractivity contribution >= 4 is 0 Å². The third kappa shape index (κ3) is 3.10. The zero-order valence-electron chi connectivity index (χ0n) is 12.2. The molecule has 0 aromatic carbocycles. The molecule has 1 aliphatic rings. The van der Waals surface area contributed by atoms with Gasteiger partial charge in [-0.25, -0.2) is 0 Å². The highest BCUT2D eigenvalue weighted by Crippen LogP contribution is 2.37. The minimum absolute atomic E-state index is 0.289. The van der Waals surface area contributed by atoms with E-state index in [1.54, 1.807) is 5.57 Å². The Morgan fingerprint density at radius 1 is 1.12 bits per heavy atom.